The van der Waals surface area contributed by atoms with Crippen molar-refractivity contribution < 1.29 is 0 Å². The molecule has 0 amide bonds. The van der Waals surface area contributed by atoms with E-state index < -0.39 is 0 Å². The second-order valence-electron chi connectivity index (χ2n) is 5.64. The highest BCUT2D eigenvalue weighted by atomic mass is 79.9. The lowest BCUT2D eigenvalue weighted by Gasteiger charge is -2.41. The molecule has 20 heavy (non-hydrogen) atoms. The van der Waals surface area contributed by atoms with Crippen molar-refractivity contribution in [1.29, 1.82) is 0 Å². The van der Waals surface area contributed by atoms with Crippen LogP contribution in [0.3, 0.4) is 0 Å². The summed E-state index contributed by atoms with van der Waals surface area (Å²) in [6, 6.07) is 5.78. The second-order valence-corrected chi connectivity index (χ2v) is 6.56. The standard InChI is InChI=1S/C14H18BrN5/c1-2-14(4-3-5-14)9-20-13(17-18-19-20)10-6-11(15)8-12(16)7-10/h6-8H,2-5,9,16H2,1H3. The van der Waals surface area contributed by atoms with Crippen LogP contribution in [0.15, 0.2) is 22.7 Å². The van der Waals surface area contributed by atoms with Crippen LogP contribution in [0.5, 0.6) is 0 Å². The Morgan fingerprint density at radius 3 is 2.75 bits per heavy atom. The first-order chi connectivity index (χ1) is 9.62. The van der Waals surface area contributed by atoms with Gasteiger partial charge in [0.1, 0.15) is 0 Å². The summed E-state index contributed by atoms with van der Waals surface area (Å²) in [5, 5.41) is 12.2. The quantitative estimate of drug-likeness (QED) is 0.870. The Bertz CT molecular complexity index is 592. The fourth-order valence-electron chi connectivity index (χ4n) is 2.88. The summed E-state index contributed by atoms with van der Waals surface area (Å²) in [6.45, 7) is 3.14. The van der Waals surface area contributed by atoms with Gasteiger partial charge in [0.25, 0.3) is 0 Å². The number of rotatable bonds is 4. The molecule has 0 spiro atoms. The zero-order valence-corrected chi connectivity index (χ0v) is 13.1. The molecule has 0 bridgehead atoms. The maximum atomic E-state index is 5.90. The van der Waals surface area contributed by atoms with Crippen molar-refractivity contribution in [3.63, 3.8) is 0 Å². The summed E-state index contributed by atoms with van der Waals surface area (Å²) in [5.74, 6) is 0.790. The molecular weight excluding hydrogens is 318 g/mol. The van der Waals surface area contributed by atoms with Crippen LogP contribution in [0.25, 0.3) is 11.4 Å². The first-order valence-electron chi connectivity index (χ1n) is 6.94. The van der Waals surface area contributed by atoms with Gasteiger partial charge in [-0.1, -0.05) is 29.3 Å². The van der Waals surface area contributed by atoms with Gasteiger partial charge < -0.3 is 5.73 Å². The number of aromatic nitrogens is 4. The molecule has 0 unspecified atom stereocenters. The normalized spacial score (nSPS) is 16.9. The summed E-state index contributed by atoms with van der Waals surface area (Å²) < 4.78 is 2.86. The van der Waals surface area contributed by atoms with Crippen LogP contribution in [0, 0.1) is 5.41 Å². The largest absolute Gasteiger partial charge is 0.399 e. The van der Waals surface area contributed by atoms with Crippen LogP contribution in [0.1, 0.15) is 32.6 Å². The van der Waals surface area contributed by atoms with Crippen molar-refractivity contribution in [2.45, 2.75) is 39.2 Å². The van der Waals surface area contributed by atoms with Crippen molar-refractivity contribution in [3.05, 3.63) is 22.7 Å². The van der Waals surface area contributed by atoms with Crippen molar-refractivity contribution in [2.75, 3.05) is 5.73 Å². The minimum atomic E-state index is 0.377. The molecule has 2 N–H and O–H groups in total. The number of tetrazole rings is 1. The lowest BCUT2D eigenvalue weighted by Crippen LogP contribution is -2.34. The highest BCUT2D eigenvalue weighted by Gasteiger charge is 2.36. The third kappa shape index (κ3) is 2.44. The van der Waals surface area contributed by atoms with Gasteiger partial charge in [-0.3, -0.25) is 0 Å². The predicted octanol–water partition coefficient (Wildman–Crippen LogP) is 3.27. The zero-order valence-electron chi connectivity index (χ0n) is 11.5. The Hall–Kier alpha value is -1.43. The molecule has 6 heteroatoms. The zero-order chi connectivity index (χ0) is 14.2. The Morgan fingerprint density at radius 2 is 2.15 bits per heavy atom. The average molecular weight is 336 g/mol. The maximum absolute atomic E-state index is 5.90. The van der Waals surface area contributed by atoms with E-state index in [1.165, 1.54) is 25.7 Å². The lowest BCUT2D eigenvalue weighted by molar-refractivity contribution is 0.0948. The fraction of sp³-hybridized carbons (Fsp3) is 0.500. The molecule has 0 aliphatic heterocycles. The summed E-state index contributed by atoms with van der Waals surface area (Å²) >= 11 is 3.47. The van der Waals surface area contributed by atoms with Crippen molar-refractivity contribution in [3.8, 4) is 11.4 Å². The van der Waals surface area contributed by atoms with E-state index in [9.17, 15) is 0 Å². The highest BCUT2D eigenvalue weighted by molar-refractivity contribution is 9.10. The number of nitrogen functional groups attached to an aromatic ring is 1. The predicted molar refractivity (Wildman–Crippen MR) is 81.9 cm³/mol. The molecule has 1 aromatic heterocycles. The van der Waals surface area contributed by atoms with E-state index in [0.29, 0.717) is 11.1 Å². The molecule has 106 valence electrons. The number of anilines is 1. The van der Waals surface area contributed by atoms with Gasteiger partial charge in [-0.25, -0.2) is 4.68 Å². The van der Waals surface area contributed by atoms with Gasteiger partial charge in [0.2, 0.25) is 0 Å². The SMILES string of the molecule is CCC1(Cn2nnnc2-c2cc(N)cc(Br)c2)CCC1. The van der Waals surface area contributed by atoms with E-state index >= 15 is 0 Å². The summed E-state index contributed by atoms with van der Waals surface area (Å²) in [5.41, 5.74) is 7.93. The monoisotopic (exact) mass is 335 g/mol. The number of nitrogens with two attached hydrogens (primary N) is 1. The molecule has 1 aliphatic rings. The van der Waals surface area contributed by atoms with E-state index in [0.717, 1.165) is 22.4 Å². The van der Waals surface area contributed by atoms with Gasteiger partial charge in [-0.05, 0) is 53.3 Å². The third-order valence-corrected chi connectivity index (χ3v) is 4.82. The van der Waals surface area contributed by atoms with Gasteiger partial charge in [-0.15, -0.1) is 5.10 Å². The second kappa shape index (κ2) is 5.16. The maximum Gasteiger partial charge on any atom is 0.182 e. The van der Waals surface area contributed by atoms with Crippen molar-refractivity contribution in [1.82, 2.24) is 20.2 Å². The summed E-state index contributed by atoms with van der Waals surface area (Å²) in [6.07, 6.45) is 5.02. The van der Waals surface area contributed by atoms with Gasteiger partial charge in [0.05, 0.1) is 6.54 Å². The molecule has 5 nitrogen and oxygen atoms in total. The number of hydrogen-bond donors (Lipinski definition) is 1. The number of nitrogens with zero attached hydrogens (tertiary/aromatic N) is 4. The van der Waals surface area contributed by atoms with Gasteiger partial charge in [-0.2, -0.15) is 0 Å². The lowest BCUT2D eigenvalue weighted by atomic mass is 9.67. The third-order valence-electron chi connectivity index (χ3n) is 4.36. The van der Waals surface area contributed by atoms with Crippen LogP contribution in [0.4, 0.5) is 5.69 Å². The molecular formula is C14H18BrN5. The molecule has 1 heterocycles. The molecule has 1 aromatic carbocycles. The molecule has 1 aliphatic carbocycles. The van der Waals surface area contributed by atoms with Crippen LogP contribution in [-0.4, -0.2) is 20.2 Å². The van der Waals surface area contributed by atoms with Gasteiger partial charge in [0.15, 0.2) is 5.82 Å². The van der Waals surface area contributed by atoms with E-state index in [4.69, 9.17) is 5.73 Å². The topological polar surface area (TPSA) is 69.6 Å². The molecule has 0 radical (unpaired) electrons. The smallest absolute Gasteiger partial charge is 0.182 e. The van der Waals surface area contributed by atoms with Gasteiger partial charge in [0, 0.05) is 15.7 Å². The fourth-order valence-corrected chi connectivity index (χ4v) is 3.39. The highest BCUT2D eigenvalue weighted by Crippen LogP contribution is 2.45. The molecule has 3 rings (SSSR count). The van der Waals surface area contributed by atoms with Crippen molar-refractivity contribution >= 4 is 21.6 Å². The first kappa shape index (κ1) is 13.5. The number of benzene rings is 1. The Labute approximate surface area is 126 Å². The number of halogens is 1. The first-order valence-corrected chi connectivity index (χ1v) is 7.74. The minimum Gasteiger partial charge on any atom is -0.399 e. The molecule has 2 aromatic rings. The van der Waals surface area contributed by atoms with E-state index in [1.54, 1.807) is 0 Å². The minimum absolute atomic E-state index is 0.377. The van der Waals surface area contributed by atoms with Crippen LogP contribution < -0.4 is 5.73 Å². The van der Waals surface area contributed by atoms with Gasteiger partial charge >= 0.3 is 0 Å². The molecule has 1 fully saturated rings. The molecule has 1 saturated carbocycles. The summed E-state index contributed by atoms with van der Waals surface area (Å²) in [7, 11) is 0. The molecule has 0 saturated heterocycles. The average Bonchev–Trinajstić information content (AvgIpc) is 2.80. The number of hydrogen-bond acceptors (Lipinski definition) is 4. The van der Waals surface area contributed by atoms with Crippen LogP contribution >= 0.6 is 15.9 Å². The Kier molecular flexibility index (Phi) is 3.50. The van der Waals surface area contributed by atoms with Crippen LogP contribution in [-0.2, 0) is 6.54 Å². The van der Waals surface area contributed by atoms with E-state index in [-0.39, 0.29) is 0 Å². The van der Waals surface area contributed by atoms with Crippen LogP contribution in [0.2, 0.25) is 0 Å². The summed E-state index contributed by atoms with van der Waals surface area (Å²) in [4.78, 5) is 0. The Morgan fingerprint density at radius 1 is 1.35 bits per heavy atom. The van der Waals surface area contributed by atoms with Crippen molar-refractivity contribution in [2.24, 2.45) is 5.41 Å². The molecule has 0 atom stereocenters. The Balaban J connectivity index is 1.93. The van der Waals surface area contributed by atoms with E-state index in [1.807, 2.05) is 22.9 Å². The van der Waals surface area contributed by atoms with E-state index in [2.05, 4.69) is 38.4 Å².